The van der Waals surface area contributed by atoms with Crippen LogP contribution in [0.2, 0.25) is 0 Å². The number of hydrogen-bond acceptors (Lipinski definition) is 6. The summed E-state index contributed by atoms with van der Waals surface area (Å²) < 4.78 is 12.4. The summed E-state index contributed by atoms with van der Waals surface area (Å²) in [6.07, 6.45) is 0. The summed E-state index contributed by atoms with van der Waals surface area (Å²) in [6, 6.07) is 31.8. The van der Waals surface area contributed by atoms with E-state index < -0.39 is 0 Å². The second kappa shape index (κ2) is 11.6. The molecule has 0 heterocycles. The van der Waals surface area contributed by atoms with Crippen molar-refractivity contribution in [2.24, 2.45) is 0 Å². The van der Waals surface area contributed by atoms with Crippen molar-refractivity contribution in [3.8, 4) is 58.2 Å². The predicted molar refractivity (Wildman–Crippen MR) is 156 cm³/mol. The van der Waals surface area contributed by atoms with Crippen molar-refractivity contribution in [3.63, 3.8) is 0 Å². The molecule has 6 nitrogen and oxygen atoms in total. The van der Waals surface area contributed by atoms with E-state index in [0.29, 0.717) is 22.6 Å². The molecule has 0 saturated carbocycles. The molecule has 0 aliphatic carbocycles. The van der Waals surface area contributed by atoms with Gasteiger partial charge in [-0.15, -0.1) is 0 Å². The largest absolute Gasteiger partial charge is 0.506 e. The first-order valence-electron chi connectivity index (χ1n) is 12.3. The molecular weight excluding hydrogens is 500 g/mol. The maximum Gasteiger partial charge on any atom is 0.185 e. The standard InChI is InChI=1S/C34H24N2O4/c35-29-17-15-27(21-31(29)37)39-33-20-25(12-11-23-7-3-1-4-8-23)19-26(14-13-24-9-5-2-6-10-24)34(33)40-28-16-18-30(36)32(38)22-28/h1-10,15-22,37-38H,35-36H2. The van der Waals surface area contributed by atoms with Crippen LogP contribution < -0.4 is 20.9 Å². The first-order chi connectivity index (χ1) is 19.4. The molecule has 0 aliphatic rings. The summed E-state index contributed by atoms with van der Waals surface area (Å²) in [7, 11) is 0. The topological polar surface area (TPSA) is 111 Å². The number of nitrogen functional groups attached to an aromatic ring is 2. The molecule has 5 aromatic carbocycles. The smallest absolute Gasteiger partial charge is 0.185 e. The van der Waals surface area contributed by atoms with Gasteiger partial charge in [0.1, 0.15) is 23.0 Å². The predicted octanol–water partition coefficient (Wildman–Crippen LogP) is 6.65. The van der Waals surface area contributed by atoms with E-state index in [4.69, 9.17) is 20.9 Å². The molecule has 0 fully saturated rings. The lowest BCUT2D eigenvalue weighted by Gasteiger charge is -2.16. The molecule has 0 aliphatic heterocycles. The maximum atomic E-state index is 10.2. The zero-order chi connectivity index (χ0) is 27.9. The summed E-state index contributed by atoms with van der Waals surface area (Å²) in [5, 5.41) is 20.3. The van der Waals surface area contributed by atoms with Crippen LogP contribution in [0.15, 0.2) is 109 Å². The molecule has 0 aromatic heterocycles. The lowest BCUT2D eigenvalue weighted by Crippen LogP contribution is -1.97. The zero-order valence-electron chi connectivity index (χ0n) is 21.3. The molecular formula is C34H24N2O4. The molecule has 0 atom stereocenters. The fourth-order valence-corrected chi connectivity index (χ4v) is 3.69. The molecule has 0 radical (unpaired) electrons. The third-order valence-electron chi connectivity index (χ3n) is 5.75. The van der Waals surface area contributed by atoms with Gasteiger partial charge in [0.05, 0.1) is 16.9 Å². The van der Waals surface area contributed by atoms with Crippen LogP contribution >= 0.6 is 0 Å². The van der Waals surface area contributed by atoms with E-state index in [1.807, 2.05) is 66.7 Å². The Kier molecular flexibility index (Phi) is 7.44. The minimum absolute atomic E-state index is 0.118. The van der Waals surface area contributed by atoms with Gasteiger partial charge >= 0.3 is 0 Å². The molecule has 194 valence electrons. The van der Waals surface area contributed by atoms with Crippen molar-refractivity contribution in [3.05, 3.63) is 131 Å². The Labute approximate surface area is 232 Å². The van der Waals surface area contributed by atoms with Crippen molar-refractivity contribution in [1.82, 2.24) is 0 Å². The number of ether oxygens (including phenoxy) is 2. The minimum atomic E-state index is -0.120. The summed E-state index contributed by atoms with van der Waals surface area (Å²) in [4.78, 5) is 0. The highest BCUT2D eigenvalue weighted by molar-refractivity contribution is 5.64. The van der Waals surface area contributed by atoms with Gasteiger partial charge in [-0.2, -0.15) is 0 Å². The van der Waals surface area contributed by atoms with Crippen LogP contribution in [0.25, 0.3) is 0 Å². The summed E-state index contributed by atoms with van der Waals surface area (Å²) in [5.41, 5.74) is 14.8. The summed E-state index contributed by atoms with van der Waals surface area (Å²) >= 11 is 0. The molecule has 6 N–H and O–H groups in total. The molecule has 5 aromatic rings. The van der Waals surface area contributed by atoms with Crippen molar-refractivity contribution in [1.29, 1.82) is 0 Å². The van der Waals surface area contributed by atoms with Crippen molar-refractivity contribution < 1.29 is 19.7 Å². The van der Waals surface area contributed by atoms with Crippen LogP contribution in [-0.2, 0) is 0 Å². The van der Waals surface area contributed by atoms with Gasteiger partial charge < -0.3 is 31.2 Å². The normalized spacial score (nSPS) is 10.0. The van der Waals surface area contributed by atoms with Gasteiger partial charge in [-0.1, -0.05) is 60.1 Å². The average molecular weight is 525 g/mol. The molecule has 0 unspecified atom stereocenters. The Balaban J connectivity index is 1.67. The summed E-state index contributed by atoms with van der Waals surface area (Å²) in [5.74, 6) is 13.7. The monoisotopic (exact) mass is 524 g/mol. The molecule has 6 heteroatoms. The molecule has 40 heavy (non-hydrogen) atoms. The number of hydrogen-bond donors (Lipinski definition) is 4. The number of nitrogens with two attached hydrogens (primary N) is 2. The van der Waals surface area contributed by atoms with E-state index in [1.165, 1.54) is 18.2 Å². The van der Waals surface area contributed by atoms with Gasteiger partial charge in [0.15, 0.2) is 11.5 Å². The van der Waals surface area contributed by atoms with Crippen LogP contribution in [0, 0.1) is 23.7 Å². The number of aromatic hydroxyl groups is 2. The molecule has 0 bridgehead atoms. The Morgan fingerprint density at radius 3 is 1.55 bits per heavy atom. The molecule has 0 amide bonds. The number of phenols is 2. The number of anilines is 2. The third kappa shape index (κ3) is 6.28. The Morgan fingerprint density at radius 1 is 0.500 bits per heavy atom. The highest BCUT2D eigenvalue weighted by atomic mass is 16.5. The van der Waals surface area contributed by atoms with Crippen LogP contribution in [0.4, 0.5) is 11.4 Å². The average Bonchev–Trinajstić information content (AvgIpc) is 2.97. The lowest BCUT2D eigenvalue weighted by molar-refractivity contribution is 0.410. The third-order valence-corrected chi connectivity index (χ3v) is 5.75. The lowest BCUT2D eigenvalue weighted by atomic mass is 10.1. The first kappa shape index (κ1) is 25.7. The Morgan fingerprint density at radius 2 is 1.00 bits per heavy atom. The van der Waals surface area contributed by atoms with Gasteiger partial charge in [-0.3, -0.25) is 0 Å². The maximum absolute atomic E-state index is 10.2. The van der Waals surface area contributed by atoms with Gasteiger partial charge in [0.25, 0.3) is 0 Å². The minimum Gasteiger partial charge on any atom is -0.506 e. The first-order valence-corrected chi connectivity index (χ1v) is 12.3. The molecule has 0 saturated heterocycles. The SMILES string of the molecule is Nc1ccc(Oc2cc(C#Cc3ccccc3)cc(C#Cc3ccccc3)c2Oc2ccc(N)c(O)c2)cc1O. The van der Waals surface area contributed by atoms with Crippen LogP contribution in [0.5, 0.6) is 34.5 Å². The van der Waals surface area contributed by atoms with Crippen LogP contribution in [0.1, 0.15) is 22.3 Å². The zero-order valence-corrected chi connectivity index (χ0v) is 21.3. The van der Waals surface area contributed by atoms with E-state index in [9.17, 15) is 10.2 Å². The number of rotatable bonds is 4. The number of benzene rings is 5. The van der Waals surface area contributed by atoms with Crippen LogP contribution in [-0.4, -0.2) is 10.2 Å². The van der Waals surface area contributed by atoms with Gasteiger partial charge in [0.2, 0.25) is 0 Å². The van der Waals surface area contributed by atoms with Gasteiger partial charge in [-0.05, 0) is 54.6 Å². The van der Waals surface area contributed by atoms with E-state index >= 15 is 0 Å². The summed E-state index contributed by atoms with van der Waals surface area (Å²) in [6.45, 7) is 0. The highest BCUT2D eigenvalue weighted by Crippen LogP contribution is 2.41. The van der Waals surface area contributed by atoms with Crippen molar-refractivity contribution in [2.45, 2.75) is 0 Å². The number of phenolic OH excluding ortho intramolecular Hbond substituents is 2. The van der Waals surface area contributed by atoms with Crippen molar-refractivity contribution in [2.75, 3.05) is 11.5 Å². The fraction of sp³-hybridized carbons (Fsp3) is 0. The fourth-order valence-electron chi connectivity index (χ4n) is 3.69. The Hall–Kier alpha value is -5.98. The highest BCUT2D eigenvalue weighted by Gasteiger charge is 2.16. The second-order valence-electron chi connectivity index (χ2n) is 8.73. The van der Waals surface area contributed by atoms with Crippen molar-refractivity contribution >= 4 is 11.4 Å². The van der Waals surface area contributed by atoms with Gasteiger partial charge in [-0.25, -0.2) is 0 Å². The molecule has 5 rings (SSSR count). The molecule has 0 spiro atoms. The van der Waals surface area contributed by atoms with Crippen LogP contribution in [0.3, 0.4) is 0 Å². The second-order valence-corrected chi connectivity index (χ2v) is 8.73. The van der Waals surface area contributed by atoms with E-state index in [1.54, 1.807) is 24.3 Å². The Bertz CT molecular complexity index is 1800. The quantitative estimate of drug-likeness (QED) is 0.119. The van der Waals surface area contributed by atoms with E-state index in [0.717, 1.165) is 11.1 Å². The van der Waals surface area contributed by atoms with Gasteiger partial charge in [0, 0.05) is 34.9 Å². The van der Waals surface area contributed by atoms with E-state index in [2.05, 4.69) is 23.7 Å². The van der Waals surface area contributed by atoms with E-state index in [-0.39, 0.29) is 34.4 Å².